The molecule has 1 unspecified atom stereocenters. The van der Waals surface area contributed by atoms with E-state index in [1.54, 1.807) is 32.0 Å². The summed E-state index contributed by atoms with van der Waals surface area (Å²) in [4.78, 5) is 17.4. The summed E-state index contributed by atoms with van der Waals surface area (Å²) in [6, 6.07) is 8.23. The van der Waals surface area contributed by atoms with Crippen molar-refractivity contribution in [3.8, 4) is 0 Å². The maximum atomic E-state index is 13.6. The number of pyridine rings is 1. The molecule has 12 heteroatoms. The van der Waals surface area contributed by atoms with Gasteiger partial charge in [0.2, 0.25) is 5.82 Å². The third-order valence-electron chi connectivity index (χ3n) is 5.59. The van der Waals surface area contributed by atoms with Crippen molar-refractivity contribution in [1.82, 2.24) is 24.1 Å². The third kappa shape index (κ3) is 4.94. The minimum absolute atomic E-state index is 0.0749. The fourth-order valence-electron chi connectivity index (χ4n) is 4.07. The van der Waals surface area contributed by atoms with Crippen molar-refractivity contribution in [2.75, 3.05) is 11.9 Å². The van der Waals surface area contributed by atoms with E-state index in [-0.39, 0.29) is 18.3 Å². The predicted octanol–water partition coefficient (Wildman–Crippen LogP) is 6.55. The van der Waals surface area contributed by atoms with Crippen LogP contribution in [0.25, 0.3) is 5.65 Å². The molecule has 0 amide bonds. The predicted molar refractivity (Wildman–Crippen MR) is 136 cm³/mol. The summed E-state index contributed by atoms with van der Waals surface area (Å²) in [6.45, 7) is 7.60. The van der Waals surface area contributed by atoms with Crippen LogP contribution in [0, 0.1) is 6.92 Å². The largest absolute Gasteiger partial charge is 0.461 e. The molecule has 4 rings (SSSR count). The Balaban J connectivity index is 1.93. The fourth-order valence-corrected chi connectivity index (χ4v) is 4.97. The maximum absolute atomic E-state index is 13.6. The van der Waals surface area contributed by atoms with Gasteiger partial charge >= 0.3 is 5.97 Å². The first-order valence-corrected chi connectivity index (χ1v) is 12.4. The quantitative estimate of drug-likeness (QED) is 0.238. The number of ether oxygens (including phenoxy) is 1. The minimum Gasteiger partial charge on any atom is -0.461 e. The lowest BCUT2D eigenvalue weighted by molar-refractivity contribution is 0.0518. The Bertz CT molecular complexity index is 1400. The molecular weight excluding hydrogens is 558 g/mol. The molecule has 4 aromatic rings. The number of nitrogens with zero attached hydrogens (tertiary/aromatic N) is 5. The Kier molecular flexibility index (Phi) is 7.60. The summed E-state index contributed by atoms with van der Waals surface area (Å²) in [6.07, 6.45) is -1.28. The number of carbonyl (C=O) groups is 1. The van der Waals surface area contributed by atoms with E-state index in [4.69, 9.17) is 16.3 Å². The zero-order valence-electron chi connectivity index (χ0n) is 20.0. The van der Waals surface area contributed by atoms with Gasteiger partial charge in [-0.3, -0.25) is 4.40 Å². The number of benzene rings is 1. The number of anilines is 1. The van der Waals surface area contributed by atoms with Crippen LogP contribution >= 0.6 is 27.5 Å². The van der Waals surface area contributed by atoms with Crippen LogP contribution in [-0.4, -0.2) is 36.7 Å². The number of imidazole rings is 1. The van der Waals surface area contributed by atoms with Crippen LogP contribution in [0.2, 0.25) is 5.02 Å². The van der Waals surface area contributed by atoms with Gasteiger partial charge in [0.25, 0.3) is 6.43 Å². The molecule has 0 saturated heterocycles. The number of aryl methyl sites for hydroxylation is 1. The van der Waals surface area contributed by atoms with Gasteiger partial charge in [0.05, 0.1) is 24.0 Å². The first-order valence-electron chi connectivity index (χ1n) is 11.2. The van der Waals surface area contributed by atoms with Crippen molar-refractivity contribution in [1.29, 1.82) is 0 Å². The highest BCUT2D eigenvalue weighted by atomic mass is 79.9. The van der Waals surface area contributed by atoms with Crippen LogP contribution in [0.5, 0.6) is 0 Å². The molecule has 8 nitrogen and oxygen atoms in total. The number of aromatic nitrogens is 5. The Morgan fingerprint density at radius 3 is 2.53 bits per heavy atom. The molecule has 1 atom stereocenters. The number of carbonyl (C=O) groups excluding carboxylic acids is 1. The van der Waals surface area contributed by atoms with Crippen LogP contribution in [0.1, 0.15) is 72.4 Å². The average Bonchev–Trinajstić information content (AvgIpc) is 3.40. The monoisotopic (exact) mass is 580 g/mol. The molecule has 1 N–H and O–H groups in total. The van der Waals surface area contributed by atoms with Gasteiger partial charge in [-0.05, 0) is 73.0 Å². The number of esters is 1. The summed E-state index contributed by atoms with van der Waals surface area (Å²) in [5.41, 5.74) is 2.96. The second-order valence-electron chi connectivity index (χ2n) is 8.39. The number of hydrogen-bond donors (Lipinski definition) is 1. The standard InChI is InChI=1S/C24H24BrClF2N6O2/c1-5-36-23(35)18-19(34(12(2)3)24(25)30-18)17(14-6-8-15(26)9-7-14)29-16-10-13(4)21-31-32-22(20(27)28)33(21)11-16/h6-12,17,20,29H,5H2,1-4H3. The Morgan fingerprint density at radius 2 is 1.92 bits per heavy atom. The van der Waals surface area contributed by atoms with Crippen molar-refractivity contribution < 1.29 is 18.3 Å². The lowest BCUT2D eigenvalue weighted by atomic mass is 10.0. The highest BCUT2D eigenvalue weighted by molar-refractivity contribution is 9.10. The van der Waals surface area contributed by atoms with E-state index < -0.39 is 24.3 Å². The molecule has 0 aliphatic rings. The summed E-state index contributed by atoms with van der Waals surface area (Å²) >= 11 is 9.63. The Morgan fingerprint density at radius 1 is 1.22 bits per heavy atom. The number of rotatable bonds is 8. The molecule has 1 aromatic carbocycles. The summed E-state index contributed by atoms with van der Waals surface area (Å²) in [5, 5.41) is 11.5. The summed E-state index contributed by atoms with van der Waals surface area (Å²) < 4.78 is 36.0. The Labute approximate surface area is 219 Å². The molecule has 3 aromatic heterocycles. The van der Waals surface area contributed by atoms with Crippen LogP contribution in [0.15, 0.2) is 41.3 Å². The number of fused-ring (bicyclic) bond motifs is 1. The highest BCUT2D eigenvalue weighted by Gasteiger charge is 2.31. The second-order valence-corrected chi connectivity index (χ2v) is 9.54. The van der Waals surface area contributed by atoms with Crippen LogP contribution in [0.4, 0.5) is 14.5 Å². The molecule has 0 fully saturated rings. The second kappa shape index (κ2) is 10.5. The molecule has 190 valence electrons. The zero-order chi connectivity index (χ0) is 26.1. The first kappa shape index (κ1) is 26.0. The van der Waals surface area contributed by atoms with E-state index in [1.807, 2.05) is 30.5 Å². The van der Waals surface area contributed by atoms with Gasteiger partial charge in [0.1, 0.15) is 0 Å². The highest BCUT2D eigenvalue weighted by Crippen LogP contribution is 2.35. The Hall–Kier alpha value is -3.05. The minimum atomic E-state index is -2.80. The SMILES string of the molecule is CCOC(=O)c1nc(Br)n(C(C)C)c1C(Nc1cc(C)c2nnc(C(F)F)n2c1)c1ccc(Cl)cc1. The van der Waals surface area contributed by atoms with E-state index in [0.29, 0.717) is 32.3 Å². The molecule has 0 aliphatic heterocycles. The molecule has 0 saturated carbocycles. The summed E-state index contributed by atoms with van der Waals surface area (Å²) in [5.74, 6) is -1.03. The van der Waals surface area contributed by atoms with Crippen molar-refractivity contribution in [3.63, 3.8) is 0 Å². The van der Waals surface area contributed by atoms with E-state index >= 15 is 0 Å². The van der Waals surface area contributed by atoms with Gasteiger partial charge in [0, 0.05) is 17.3 Å². The molecule has 0 radical (unpaired) electrons. The molecule has 36 heavy (non-hydrogen) atoms. The number of halogens is 4. The van der Waals surface area contributed by atoms with E-state index in [2.05, 4.69) is 36.4 Å². The van der Waals surface area contributed by atoms with Crippen molar-refractivity contribution in [3.05, 3.63) is 74.6 Å². The van der Waals surface area contributed by atoms with Crippen LogP contribution in [-0.2, 0) is 4.74 Å². The van der Waals surface area contributed by atoms with Crippen molar-refractivity contribution in [2.45, 2.75) is 46.2 Å². The smallest absolute Gasteiger partial charge is 0.358 e. The average molecular weight is 582 g/mol. The lowest BCUT2D eigenvalue weighted by Gasteiger charge is -2.25. The maximum Gasteiger partial charge on any atom is 0.358 e. The topological polar surface area (TPSA) is 86.3 Å². The molecule has 0 spiro atoms. The van der Waals surface area contributed by atoms with Gasteiger partial charge < -0.3 is 14.6 Å². The first-order chi connectivity index (χ1) is 17.1. The normalized spacial score (nSPS) is 12.5. The molecular formula is C24H24BrClF2N6O2. The number of nitrogens with one attached hydrogen (secondary N) is 1. The number of hydrogen-bond acceptors (Lipinski definition) is 6. The van der Waals surface area contributed by atoms with Gasteiger partial charge in [-0.15, -0.1) is 10.2 Å². The third-order valence-corrected chi connectivity index (χ3v) is 6.40. The molecule has 3 heterocycles. The van der Waals surface area contributed by atoms with Crippen LogP contribution in [0.3, 0.4) is 0 Å². The van der Waals surface area contributed by atoms with Crippen molar-refractivity contribution >= 4 is 44.8 Å². The zero-order valence-corrected chi connectivity index (χ0v) is 22.3. The molecule has 0 aliphatic carbocycles. The van der Waals surface area contributed by atoms with Gasteiger partial charge in [-0.2, -0.15) is 0 Å². The van der Waals surface area contributed by atoms with E-state index in [1.165, 1.54) is 10.6 Å². The number of alkyl halides is 2. The van der Waals surface area contributed by atoms with Gasteiger partial charge in [-0.25, -0.2) is 18.6 Å². The van der Waals surface area contributed by atoms with Crippen LogP contribution < -0.4 is 5.32 Å². The van der Waals surface area contributed by atoms with Gasteiger partial charge in [-0.1, -0.05) is 23.7 Å². The molecule has 0 bridgehead atoms. The summed E-state index contributed by atoms with van der Waals surface area (Å²) in [7, 11) is 0. The van der Waals surface area contributed by atoms with E-state index in [0.717, 1.165) is 5.56 Å². The lowest BCUT2D eigenvalue weighted by Crippen LogP contribution is -2.22. The van der Waals surface area contributed by atoms with E-state index in [9.17, 15) is 13.6 Å². The van der Waals surface area contributed by atoms with Crippen molar-refractivity contribution in [2.24, 2.45) is 0 Å². The fraction of sp³-hybridized carbons (Fsp3) is 0.333. The van der Waals surface area contributed by atoms with Gasteiger partial charge in [0.15, 0.2) is 16.1 Å².